The van der Waals surface area contributed by atoms with Crippen LogP contribution in [0.5, 0.6) is 0 Å². The van der Waals surface area contributed by atoms with Gasteiger partial charge in [0.1, 0.15) is 5.92 Å². The van der Waals surface area contributed by atoms with E-state index in [1.54, 1.807) is 0 Å². The standard InChI is InChI=1S/C16H14INOS/c1-10(2)11-3-5-12(6-4-11)14(8-18)16(19)13-7-15(17)20-9-13/h3-7,9-10,14H,1-2H3. The molecule has 4 heteroatoms. The Kier molecular flexibility index (Phi) is 4.95. The van der Waals surface area contributed by atoms with Crippen molar-refractivity contribution in [3.8, 4) is 6.07 Å². The van der Waals surface area contributed by atoms with Crippen LogP contribution in [0.4, 0.5) is 0 Å². The summed E-state index contributed by atoms with van der Waals surface area (Å²) >= 11 is 3.70. The van der Waals surface area contributed by atoms with E-state index in [0.29, 0.717) is 11.5 Å². The molecule has 2 rings (SSSR count). The number of carbonyl (C=O) groups excluding carboxylic acids is 1. The van der Waals surface area contributed by atoms with Gasteiger partial charge in [-0.25, -0.2) is 0 Å². The number of hydrogen-bond donors (Lipinski definition) is 0. The Morgan fingerprint density at radius 3 is 2.30 bits per heavy atom. The molecular weight excluding hydrogens is 381 g/mol. The summed E-state index contributed by atoms with van der Waals surface area (Å²) in [5.41, 5.74) is 2.60. The van der Waals surface area contributed by atoms with Crippen LogP contribution < -0.4 is 0 Å². The fourth-order valence-corrected chi connectivity index (χ4v) is 3.30. The van der Waals surface area contributed by atoms with Crippen molar-refractivity contribution in [2.45, 2.75) is 25.7 Å². The Labute approximate surface area is 136 Å². The van der Waals surface area contributed by atoms with Gasteiger partial charge in [0, 0.05) is 10.9 Å². The van der Waals surface area contributed by atoms with Crippen LogP contribution in [0, 0.1) is 14.2 Å². The minimum absolute atomic E-state index is 0.121. The Hall–Kier alpha value is -1.19. The van der Waals surface area contributed by atoms with Crippen molar-refractivity contribution in [1.29, 1.82) is 5.26 Å². The number of hydrogen-bond acceptors (Lipinski definition) is 3. The van der Waals surface area contributed by atoms with Gasteiger partial charge in [-0.3, -0.25) is 4.79 Å². The molecule has 102 valence electrons. The van der Waals surface area contributed by atoms with E-state index in [9.17, 15) is 10.1 Å². The number of nitrogens with zero attached hydrogens (tertiary/aromatic N) is 1. The Balaban J connectivity index is 2.28. The zero-order valence-electron chi connectivity index (χ0n) is 11.3. The smallest absolute Gasteiger partial charge is 0.185 e. The molecule has 1 atom stereocenters. The third kappa shape index (κ3) is 3.28. The molecule has 0 amide bonds. The van der Waals surface area contributed by atoms with Crippen molar-refractivity contribution in [3.05, 3.63) is 55.3 Å². The number of benzene rings is 1. The van der Waals surface area contributed by atoms with E-state index in [4.69, 9.17) is 0 Å². The normalized spacial score (nSPS) is 12.2. The summed E-state index contributed by atoms with van der Waals surface area (Å²) in [7, 11) is 0. The maximum Gasteiger partial charge on any atom is 0.185 e. The van der Waals surface area contributed by atoms with Crippen molar-refractivity contribution in [2.75, 3.05) is 0 Å². The molecule has 1 aromatic carbocycles. The summed E-state index contributed by atoms with van der Waals surface area (Å²) in [5, 5.41) is 11.1. The van der Waals surface area contributed by atoms with Crippen LogP contribution in [-0.4, -0.2) is 5.78 Å². The highest BCUT2D eigenvalue weighted by molar-refractivity contribution is 14.1. The predicted octanol–water partition coefficient (Wildman–Crippen LogP) is 4.97. The fraction of sp³-hybridized carbons (Fsp3) is 0.250. The van der Waals surface area contributed by atoms with Crippen molar-refractivity contribution in [1.82, 2.24) is 0 Å². The molecule has 0 saturated carbocycles. The lowest BCUT2D eigenvalue weighted by atomic mass is 9.91. The molecule has 1 unspecified atom stereocenters. The SMILES string of the molecule is CC(C)c1ccc(C(C#N)C(=O)c2csc(I)c2)cc1. The van der Waals surface area contributed by atoms with Gasteiger partial charge in [0.25, 0.3) is 0 Å². The highest BCUT2D eigenvalue weighted by Gasteiger charge is 2.22. The van der Waals surface area contributed by atoms with Crippen LogP contribution in [0.25, 0.3) is 0 Å². The topological polar surface area (TPSA) is 40.9 Å². The molecule has 0 fully saturated rings. The number of Topliss-reactive ketones (excluding diaryl/α,β-unsaturated/α-hetero) is 1. The molecule has 1 aromatic heterocycles. The van der Waals surface area contributed by atoms with Crippen LogP contribution in [-0.2, 0) is 0 Å². The van der Waals surface area contributed by atoms with Gasteiger partial charge < -0.3 is 0 Å². The lowest BCUT2D eigenvalue weighted by Gasteiger charge is -2.10. The average molecular weight is 395 g/mol. The van der Waals surface area contributed by atoms with E-state index in [-0.39, 0.29) is 5.78 Å². The molecule has 0 aliphatic heterocycles. The van der Waals surface area contributed by atoms with Crippen molar-refractivity contribution >= 4 is 39.7 Å². The number of ketones is 1. The van der Waals surface area contributed by atoms with E-state index < -0.39 is 5.92 Å². The highest BCUT2D eigenvalue weighted by Crippen LogP contribution is 2.26. The van der Waals surface area contributed by atoms with Gasteiger partial charge in [0.05, 0.1) is 8.95 Å². The van der Waals surface area contributed by atoms with Gasteiger partial charge in [-0.1, -0.05) is 38.1 Å². The molecule has 0 saturated heterocycles. The largest absolute Gasteiger partial charge is 0.292 e. The second-order valence-corrected chi connectivity index (χ2v) is 7.69. The summed E-state index contributed by atoms with van der Waals surface area (Å²) in [6.45, 7) is 4.24. The summed E-state index contributed by atoms with van der Waals surface area (Å²) in [5.74, 6) is -0.399. The lowest BCUT2D eigenvalue weighted by Crippen LogP contribution is -2.10. The quantitative estimate of drug-likeness (QED) is 0.542. The third-order valence-electron chi connectivity index (χ3n) is 3.18. The fourth-order valence-electron chi connectivity index (χ4n) is 1.96. The second kappa shape index (κ2) is 6.51. The van der Waals surface area contributed by atoms with Crippen LogP contribution in [0.3, 0.4) is 0 Å². The third-order valence-corrected chi connectivity index (χ3v) is 4.97. The maximum atomic E-state index is 12.4. The highest BCUT2D eigenvalue weighted by atomic mass is 127. The Morgan fingerprint density at radius 2 is 1.85 bits per heavy atom. The van der Waals surface area contributed by atoms with E-state index >= 15 is 0 Å². The number of thiophene rings is 1. The zero-order valence-corrected chi connectivity index (χ0v) is 14.2. The van der Waals surface area contributed by atoms with Crippen LogP contribution in [0.1, 0.15) is 47.2 Å². The van der Waals surface area contributed by atoms with Gasteiger partial charge in [-0.2, -0.15) is 5.26 Å². The number of halogens is 1. The predicted molar refractivity (Wildman–Crippen MR) is 90.3 cm³/mol. The molecule has 1 heterocycles. The first-order chi connectivity index (χ1) is 9.52. The van der Waals surface area contributed by atoms with E-state index in [1.807, 2.05) is 35.7 Å². The molecule has 2 aromatic rings. The molecule has 0 bridgehead atoms. The maximum absolute atomic E-state index is 12.4. The molecule has 0 aliphatic carbocycles. The number of carbonyl (C=O) groups is 1. The van der Waals surface area contributed by atoms with Gasteiger partial charge in [-0.05, 0) is 45.7 Å². The molecule has 0 radical (unpaired) electrons. The molecule has 0 N–H and O–H groups in total. The van der Waals surface area contributed by atoms with E-state index in [2.05, 4.69) is 42.5 Å². The minimum Gasteiger partial charge on any atom is -0.292 e. The molecule has 0 aliphatic rings. The summed E-state index contributed by atoms with van der Waals surface area (Å²) in [4.78, 5) is 12.4. The van der Waals surface area contributed by atoms with Crippen molar-refractivity contribution in [3.63, 3.8) is 0 Å². The first kappa shape index (κ1) is 15.2. The van der Waals surface area contributed by atoms with Gasteiger partial charge >= 0.3 is 0 Å². The lowest BCUT2D eigenvalue weighted by molar-refractivity contribution is 0.0979. The average Bonchev–Trinajstić information content (AvgIpc) is 2.86. The Morgan fingerprint density at radius 1 is 1.25 bits per heavy atom. The van der Waals surface area contributed by atoms with Crippen LogP contribution in [0.15, 0.2) is 35.7 Å². The molecular formula is C16H14INOS. The van der Waals surface area contributed by atoms with E-state index in [1.165, 1.54) is 16.9 Å². The monoisotopic (exact) mass is 395 g/mol. The summed E-state index contributed by atoms with van der Waals surface area (Å²) < 4.78 is 1.05. The first-order valence-electron chi connectivity index (χ1n) is 6.30. The Bertz CT molecular complexity index is 652. The van der Waals surface area contributed by atoms with Crippen molar-refractivity contribution < 1.29 is 4.79 Å². The first-order valence-corrected chi connectivity index (χ1v) is 8.26. The van der Waals surface area contributed by atoms with E-state index in [0.717, 1.165) is 8.45 Å². The number of rotatable bonds is 4. The molecule has 20 heavy (non-hydrogen) atoms. The molecule has 2 nitrogen and oxygen atoms in total. The van der Waals surface area contributed by atoms with Crippen molar-refractivity contribution in [2.24, 2.45) is 0 Å². The number of nitriles is 1. The molecule has 0 spiro atoms. The second-order valence-electron chi connectivity index (χ2n) is 4.89. The summed E-state index contributed by atoms with van der Waals surface area (Å²) in [6.07, 6.45) is 0. The zero-order chi connectivity index (χ0) is 14.7. The summed E-state index contributed by atoms with van der Waals surface area (Å²) in [6, 6.07) is 11.7. The van der Waals surface area contributed by atoms with Crippen LogP contribution in [0.2, 0.25) is 0 Å². The van der Waals surface area contributed by atoms with Crippen LogP contribution >= 0.6 is 33.9 Å². The minimum atomic E-state index is -0.721. The van der Waals surface area contributed by atoms with Gasteiger partial charge in [-0.15, -0.1) is 11.3 Å². The van der Waals surface area contributed by atoms with Gasteiger partial charge in [0.2, 0.25) is 0 Å². The van der Waals surface area contributed by atoms with Gasteiger partial charge in [0.15, 0.2) is 5.78 Å².